The van der Waals surface area contributed by atoms with Crippen molar-refractivity contribution in [1.29, 1.82) is 0 Å². The molecule has 8 heteroatoms. The van der Waals surface area contributed by atoms with Gasteiger partial charge in [-0.05, 0) is 12.1 Å². The van der Waals surface area contributed by atoms with Gasteiger partial charge in [0.1, 0.15) is 5.69 Å². The van der Waals surface area contributed by atoms with Gasteiger partial charge in [-0.2, -0.15) is 0 Å². The minimum atomic E-state index is -0.837. The largest absolute Gasteiger partial charge is 0.466 e. The number of esters is 2. The van der Waals surface area contributed by atoms with Gasteiger partial charge >= 0.3 is 11.9 Å². The second kappa shape index (κ2) is 6.34. The zero-order chi connectivity index (χ0) is 14.4. The Bertz CT molecular complexity index is 514. The third-order valence-electron chi connectivity index (χ3n) is 2.25. The number of carbonyl (C=O) groups is 2. The summed E-state index contributed by atoms with van der Waals surface area (Å²) < 4.78 is 8.93. The molecule has 0 amide bonds. The van der Waals surface area contributed by atoms with Crippen molar-refractivity contribution >= 4 is 23.3 Å². The van der Waals surface area contributed by atoms with E-state index in [-0.39, 0.29) is 16.9 Å². The maximum Gasteiger partial charge on any atom is 0.344 e. The molecule has 0 aromatic heterocycles. The third-order valence-corrected chi connectivity index (χ3v) is 2.25. The van der Waals surface area contributed by atoms with E-state index in [1.54, 1.807) is 0 Å². The summed E-state index contributed by atoms with van der Waals surface area (Å²) in [7, 11) is 2.68. The standard InChI is InChI=1S/C11H12N2O6/c1-12-8-4-3-7(5-9(8)13(16)17)11(15)19-6-10(14)18-2/h3-5,12H,6H2,1-2H3. The molecule has 1 aromatic rings. The lowest BCUT2D eigenvalue weighted by atomic mass is 10.1. The van der Waals surface area contributed by atoms with Crippen LogP contribution in [0.15, 0.2) is 18.2 Å². The molecule has 0 heterocycles. The SMILES string of the molecule is CNc1ccc(C(=O)OCC(=O)OC)cc1[N+](=O)[O-]. The highest BCUT2D eigenvalue weighted by Gasteiger charge is 2.18. The summed E-state index contributed by atoms with van der Waals surface area (Å²) in [5.41, 5.74) is -0.000797. The maximum absolute atomic E-state index is 11.6. The fourth-order valence-electron chi connectivity index (χ4n) is 1.29. The first-order chi connectivity index (χ1) is 8.99. The van der Waals surface area contributed by atoms with E-state index in [1.165, 1.54) is 19.2 Å². The number of nitrogens with zero attached hydrogens (tertiary/aromatic N) is 1. The Morgan fingerprint density at radius 2 is 2.11 bits per heavy atom. The van der Waals surface area contributed by atoms with Crippen molar-refractivity contribution in [3.63, 3.8) is 0 Å². The van der Waals surface area contributed by atoms with E-state index in [4.69, 9.17) is 0 Å². The van der Waals surface area contributed by atoms with Gasteiger partial charge in [-0.15, -0.1) is 0 Å². The quantitative estimate of drug-likeness (QED) is 0.481. The first kappa shape index (κ1) is 14.4. The highest BCUT2D eigenvalue weighted by Crippen LogP contribution is 2.25. The first-order valence-corrected chi connectivity index (χ1v) is 5.19. The van der Waals surface area contributed by atoms with Crippen LogP contribution in [0.2, 0.25) is 0 Å². The lowest BCUT2D eigenvalue weighted by molar-refractivity contribution is -0.384. The molecule has 0 fully saturated rings. The molecule has 0 saturated heterocycles. The highest BCUT2D eigenvalue weighted by atomic mass is 16.6. The van der Waals surface area contributed by atoms with Crippen LogP contribution in [0.1, 0.15) is 10.4 Å². The molecule has 0 bridgehead atoms. The van der Waals surface area contributed by atoms with E-state index >= 15 is 0 Å². The van der Waals surface area contributed by atoms with Crippen LogP contribution in [-0.4, -0.2) is 37.6 Å². The number of nitro benzene ring substituents is 1. The predicted molar refractivity (Wildman–Crippen MR) is 64.9 cm³/mol. The summed E-state index contributed by atoms with van der Waals surface area (Å²) in [6.45, 7) is -0.545. The van der Waals surface area contributed by atoms with E-state index in [9.17, 15) is 19.7 Å². The van der Waals surface area contributed by atoms with Gasteiger partial charge in [0.05, 0.1) is 17.6 Å². The molecular weight excluding hydrogens is 256 g/mol. The fraction of sp³-hybridized carbons (Fsp3) is 0.273. The van der Waals surface area contributed by atoms with Gasteiger partial charge in [-0.1, -0.05) is 0 Å². The number of methoxy groups -OCH3 is 1. The molecule has 1 rings (SSSR count). The molecule has 0 aliphatic carbocycles. The van der Waals surface area contributed by atoms with Gasteiger partial charge in [0.2, 0.25) is 0 Å². The van der Waals surface area contributed by atoms with Crippen LogP contribution >= 0.6 is 0 Å². The molecule has 1 aromatic carbocycles. The Morgan fingerprint density at radius 1 is 1.42 bits per heavy atom. The van der Waals surface area contributed by atoms with Crippen LogP contribution in [0.25, 0.3) is 0 Å². The Balaban J connectivity index is 2.89. The summed E-state index contributed by atoms with van der Waals surface area (Å²) in [4.78, 5) is 32.6. The molecule has 0 spiro atoms. The van der Waals surface area contributed by atoms with Crippen LogP contribution in [0, 0.1) is 10.1 Å². The van der Waals surface area contributed by atoms with Gasteiger partial charge < -0.3 is 14.8 Å². The maximum atomic E-state index is 11.6. The minimum Gasteiger partial charge on any atom is -0.466 e. The number of hydrogen-bond donors (Lipinski definition) is 1. The van der Waals surface area contributed by atoms with Gasteiger partial charge in [0, 0.05) is 13.1 Å². The number of hydrogen-bond acceptors (Lipinski definition) is 7. The molecule has 0 aliphatic rings. The van der Waals surface area contributed by atoms with Crippen molar-refractivity contribution in [1.82, 2.24) is 0 Å². The van der Waals surface area contributed by atoms with Crippen LogP contribution < -0.4 is 5.32 Å². The van der Waals surface area contributed by atoms with E-state index in [0.717, 1.165) is 13.2 Å². The molecule has 0 aliphatic heterocycles. The third kappa shape index (κ3) is 3.66. The topological polar surface area (TPSA) is 108 Å². The average Bonchev–Trinajstić information content (AvgIpc) is 2.43. The Hall–Kier alpha value is -2.64. The number of benzene rings is 1. The summed E-state index contributed by atoms with van der Waals surface area (Å²) in [5.74, 6) is -1.55. The van der Waals surface area contributed by atoms with Crippen molar-refractivity contribution in [3.05, 3.63) is 33.9 Å². The molecule has 102 valence electrons. The fourth-order valence-corrected chi connectivity index (χ4v) is 1.29. The van der Waals surface area contributed by atoms with Gasteiger partial charge in [0.15, 0.2) is 6.61 Å². The summed E-state index contributed by atoms with van der Waals surface area (Å²) in [6, 6.07) is 3.82. The van der Waals surface area contributed by atoms with E-state index in [2.05, 4.69) is 14.8 Å². The Kier molecular flexibility index (Phi) is 4.81. The van der Waals surface area contributed by atoms with Crippen LogP contribution in [0.5, 0.6) is 0 Å². The average molecular weight is 268 g/mol. The molecule has 1 N–H and O–H groups in total. The lowest BCUT2D eigenvalue weighted by Crippen LogP contribution is -2.15. The van der Waals surface area contributed by atoms with Crippen molar-refractivity contribution in [2.75, 3.05) is 26.1 Å². The normalized spacial score (nSPS) is 9.58. The number of nitro groups is 1. The summed E-state index contributed by atoms with van der Waals surface area (Å²) in [5, 5.41) is 13.4. The molecule has 0 saturated carbocycles. The zero-order valence-corrected chi connectivity index (χ0v) is 10.3. The van der Waals surface area contributed by atoms with Gasteiger partial charge in [-0.3, -0.25) is 10.1 Å². The van der Waals surface area contributed by atoms with Crippen LogP contribution in [-0.2, 0) is 14.3 Å². The predicted octanol–water partition coefficient (Wildman–Crippen LogP) is 0.966. The summed E-state index contributed by atoms with van der Waals surface area (Å²) >= 11 is 0. The number of ether oxygens (including phenoxy) is 2. The number of carbonyl (C=O) groups excluding carboxylic acids is 2. The second-order valence-electron chi connectivity index (χ2n) is 3.39. The van der Waals surface area contributed by atoms with Gasteiger partial charge in [-0.25, -0.2) is 9.59 Å². The smallest absolute Gasteiger partial charge is 0.344 e. The van der Waals surface area contributed by atoms with Crippen LogP contribution in [0.4, 0.5) is 11.4 Å². The monoisotopic (exact) mass is 268 g/mol. The second-order valence-corrected chi connectivity index (χ2v) is 3.39. The molecular formula is C11H12N2O6. The van der Waals surface area contributed by atoms with Crippen molar-refractivity contribution in [3.8, 4) is 0 Å². The number of nitrogens with one attached hydrogen (secondary N) is 1. The molecule has 0 radical (unpaired) electrons. The lowest BCUT2D eigenvalue weighted by Gasteiger charge is -2.05. The molecule has 8 nitrogen and oxygen atoms in total. The van der Waals surface area contributed by atoms with Crippen molar-refractivity contribution < 1.29 is 24.0 Å². The Labute approximate surface area is 108 Å². The van der Waals surface area contributed by atoms with Crippen molar-refractivity contribution in [2.45, 2.75) is 0 Å². The summed E-state index contributed by atoms with van der Waals surface area (Å²) in [6.07, 6.45) is 0. The number of rotatable bonds is 5. The molecule has 0 atom stereocenters. The van der Waals surface area contributed by atoms with Crippen molar-refractivity contribution in [2.24, 2.45) is 0 Å². The highest BCUT2D eigenvalue weighted by molar-refractivity contribution is 5.92. The minimum absolute atomic E-state index is 0.0189. The van der Waals surface area contributed by atoms with E-state index < -0.39 is 23.5 Å². The number of anilines is 1. The van der Waals surface area contributed by atoms with E-state index in [0.29, 0.717) is 0 Å². The Morgan fingerprint density at radius 3 is 2.63 bits per heavy atom. The molecule has 19 heavy (non-hydrogen) atoms. The van der Waals surface area contributed by atoms with Crippen LogP contribution in [0.3, 0.4) is 0 Å². The molecule has 0 unspecified atom stereocenters. The van der Waals surface area contributed by atoms with E-state index in [1.807, 2.05) is 0 Å². The first-order valence-electron chi connectivity index (χ1n) is 5.19. The zero-order valence-electron chi connectivity index (χ0n) is 10.3. The van der Waals surface area contributed by atoms with Gasteiger partial charge in [0.25, 0.3) is 5.69 Å².